The molecule has 0 atom stereocenters. The van der Waals surface area contributed by atoms with Crippen molar-refractivity contribution in [3.63, 3.8) is 0 Å². The molecule has 0 saturated carbocycles. The monoisotopic (exact) mass is 466 g/mol. The molecule has 2 aromatic carbocycles. The van der Waals surface area contributed by atoms with Crippen molar-refractivity contribution in [3.05, 3.63) is 82.0 Å². The standard InChI is InChI=1S/C21H20F2N2O4S2/c22-21(23)29-19-6-2-1-4-16(19)14-24-20(26)15-7-9-18(10-8-15)31(27,28)25-12-11-17-5-3-13-30-17/h1-10,13,21,25H,11-12,14H2,(H,24,26). The maximum Gasteiger partial charge on any atom is 0.387 e. The first-order valence-corrected chi connectivity index (χ1v) is 11.6. The van der Waals surface area contributed by atoms with Gasteiger partial charge in [-0.2, -0.15) is 8.78 Å². The fourth-order valence-corrected chi connectivity index (χ4v) is 4.51. The maximum atomic E-state index is 12.5. The minimum Gasteiger partial charge on any atom is -0.434 e. The van der Waals surface area contributed by atoms with Crippen LogP contribution in [0.25, 0.3) is 0 Å². The molecule has 10 heteroatoms. The molecule has 3 aromatic rings. The molecule has 1 amide bonds. The van der Waals surface area contributed by atoms with Gasteiger partial charge in [0.2, 0.25) is 10.0 Å². The highest BCUT2D eigenvalue weighted by atomic mass is 32.2. The Bertz CT molecular complexity index is 1100. The number of carbonyl (C=O) groups is 1. The van der Waals surface area contributed by atoms with Crippen LogP contribution in [0, 0.1) is 0 Å². The smallest absolute Gasteiger partial charge is 0.387 e. The lowest BCUT2D eigenvalue weighted by molar-refractivity contribution is -0.0504. The Kier molecular flexibility index (Phi) is 7.72. The minimum absolute atomic E-state index is 0.0205. The van der Waals surface area contributed by atoms with Crippen molar-refractivity contribution in [3.8, 4) is 5.75 Å². The molecule has 1 heterocycles. The van der Waals surface area contributed by atoms with Crippen LogP contribution in [0.15, 0.2) is 70.9 Å². The number of rotatable bonds is 10. The normalized spacial score (nSPS) is 11.5. The van der Waals surface area contributed by atoms with Crippen LogP contribution in [0.5, 0.6) is 5.75 Å². The molecule has 0 saturated heterocycles. The molecule has 164 valence electrons. The van der Waals surface area contributed by atoms with Gasteiger partial charge in [-0.3, -0.25) is 4.79 Å². The first-order chi connectivity index (χ1) is 14.8. The Balaban J connectivity index is 1.57. The van der Waals surface area contributed by atoms with E-state index in [9.17, 15) is 22.0 Å². The van der Waals surface area contributed by atoms with E-state index in [1.54, 1.807) is 29.5 Å². The van der Waals surface area contributed by atoms with Crippen LogP contribution in [-0.4, -0.2) is 27.5 Å². The number of halogens is 2. The maximum absolute atomic E-state index is 12.5. The quantitative estimate of drug-likeness (QED) is 0.476. The molecule has 0 aliphatic carbocycles. The highest BCUT2D eigenvalue weighted by Crippen LogP contribution is 2.20. The molecule has 0 fully saturated rings. The number of hydrogen-bond acceptors (Lipinski definition) is 5. The summed E-state index contributed by atoms with van der Waals surface area (Å²) in [5, 5.41) is 4.54. The van der Waals surface area contributed by atoms with Gasteiger partial charge in [0, 0.05) is 29.1 Å². The zero-order chi connectivity index (χ0) is 22.3. The van der Waals surface area contributed by atoms with Crippen LogP contribution < -0.4 is 14.8 Å². The van der Waals surface area contributed by atoms with Gasteiger partial charge in [-0.15, -0.1) is 11.3 Å². The number of carbonyl (C=O) groups excluding carboxylic acids is 1. The van der Waals surface area contributed by atoms with Crippen LogP contribution in [0.4, 0.5) is 8.78 Å². The number of ether oxygens (including phenoxy) is 1. The Morgan fingerprint density at radius 1 is 1.03 bits per heavy atom. The number of alkyl halides is 2. The number of sulfonamides is 1. The predicted molar refractivity (Wildman–Crippen MR) is 114 cm³/mol. The second-order valence-corrected chi connectivity index (χ2v) is 9.22. The van der Waals surface area contributed by atoms with Crippen molar-refractivity contribution in [1.29, 1.82) is 0 Å². The van der Waals surface area contributed by atoms with Crippen molar-refractivity contribution in [1.82, 2.24) is 10.0 Å². The number of thiophene rings is 1. The van der Waals surface area contributed by atoms with Gasteiger partial charge in [0.05, 0.1) is 4.90 Å². The number of benzene rings is 2. The molecule has 0 bridgehead atoms. The van der Waals surface area contributed by atoms with Crippen LogP contribution in [0.3, 0.4) is 0 Å². The van der Waals surface area contributed by atoms with Gasteiger partial charge < -0.3 is 10.1 Å². The second-order valence-electron chi connectivity index (χ2n) is 6.42. The first kappa shape index (κ1) is 22.9. The second kappa shape index (κ2) is 10.5. The molecule has 0 radical (unpaired) electrons. The highest BCUT2D eigenvalue weighted by Gasteiger charge is 2.15. The van der Waals surface area contributed by atoms with Crippen LogP contribution in [-0.2, 0) is 23.0 Å². The average molecular weight is 467 g/mol. The summed E-state index contributed by atoms with van der Waals surface area (Å²) in [6, 6.07) is 15.5. The third-order valence-electron chi connectivity index (χ3n) is 4.30. The van der Waals surface area contributed by atoms with Crippen molar-refractivity contribution in [2.45, 2.75) is 24.5 Å². The Morgan fingerprint density at radius 3 is 2.45 bits per heavy atom. The molecule has 1 aromatic heterocycles. The van der Waals surface area contributed by atoms with Gasteiger partial charge >= 0.3 is 6.61 Å². The average Bonchev–Trinajstić information content (AvgIpc) is 3.26. The molecule has 31 heavy (non-hydrogen) atoms. The third kappa shape index (κ3) is 6.58. The Labute approximate surface area is 182 Å². The molecule has 6 nitrogen and oxygen atoms in total. The van der Waals surface area contributed by atoms with Gasteiger partial charge in [0.15, 0.2) is 0 Å². The SMILES string of the molecule is O=C(NCc1ccccc1OC(F)F)c1ccc(S(=O)(=O)NCCc2cccs2)cc1. The van der Waals surface area contributed by atoms with E-state index >= 15 is 0 Å². The van der Waals surface area contributed by atoms with Crippen molar-refractivity contribution in [2.75, 3.05) is 6.54 Å². The molecular formula is C21H20F2N2O4S2. The van der Waals surface area contributed by atoms with E-state index in [1.807, 2.05) is 17.5 Å². The van der Waals surface area contributed by atoms with Gasteiger partial charge in [-0.1, -0.05) is 24.3 Å². The fourth-order valence-electron chi connectivity index (χ4n) is 2.77. The van der Waals surface area contributed by atoms with Crippen molar-refractivity contribution < 1.29 is 26.7 Å². The summed E-state index contributed by atoms with van der Waals surface area (Å²) in [6.07, 6.45) is 0.591. The summed E-state index contributed by atoms with van der Waals surface area (Å²) in [5.74, 6) is -0.491. The minimum atomic E-state index is -3.69. The number of hydrogen-bond donors (Lipinski definition) is 2. The van der Waals surface area contributed by atoms with Gasteiger partial charge in [-0.25, -0.2) is 13.1 Å². The highest BCUT2D eigenvalue weighted by molar-refractivity contribution is 7.89. The number of nitrogens with one attached hydrogen (secondary N) is 2. The zero-order valence-corrected chi connectivity index (χ0v) is 17.9. The summed E-state index contributed by atoms with van der Waals surface area (Å²) < 4.78 is 56.7. The lowest BCUT2D eigenvalue weighted by Gasteiger charge is -2.11. The summed E-state index contributed by atoms with van der Waals surface area (Å²) >= 11 is 1.56. The predicted octanol–water partition coefficient (Wildman–Crippen LogP) is 3.80. The van der Waals surface area contributed by atoms with E-state index in [2.05, 4.69) is 14.8 Å². The summed E-state index contributed by atoms with van der Waals surface area (Å²) in [5.41, 5.74) is 0.634. The van der Waals surface area contributed by atoms with Crippen molar-refractivity contribution in [2.24, 2.45) is 0 Å². The summed E-state index contributed by atoms with van der Waals surface area (Å²) in [4.78, 5) is 13.5. The zero-order valence-electron chi connectivity index (χ0n) is 16.3. The third-order valence-corrected chi connectivity index (χ3v) is 6.71. The summed E-state index contributed by atoms with van der Waals surface area (Å²) in [7, 11) is -3.69. The van der Waals surface area contributed by atoms with Crippen LogP contribution in [0.2, 0.25) is 0 Å². The van der Waals surface area contributed by atoms with Gasteiger partial charge in [0.1, 0.15) is 5.75 Å². The Morgan fingerprint density at radius 2 is 1.77 bits per heavy atom. The molecular weight excluding hydrogens is 446 g/mol. The summed E-state index contributed by atoms with van der Waals surface area (Å²) in [6.45, 7) is -2.72. The molecule has 0 aliphatic heterocycles. The topological polar surface area (TPSA) is 84.5 Å². The first-order valence-electron chi connectivity index (χ1n) is 9.28. The van der Waals surface area contributed by atoms with E-state index in [1.165, 1.54) is 30.3 Å². The molecule has 0 aliphatic rings. The van der Waals surface area contributed by atoms with Crippen LogP contribution >= 0.6 is 11.3 Å². The molecule has 3 rings (SSSR count). The van der Waals surface area contributed by atoms with E-state index in [0.29, 0.717) is 12.0 Å². The number of amides is 1. The number of para-hydroxylation sites is 1. The van der Waals surface area contributed by atoms with E-state index in [4.69, 9.17) is 0 Å². The fraction of sp³-hybridized carbons (Fsp3) is 0.190. The van der Waals surface area contributed by atoms with E-state index < -0.39 is 22.5 Å². The molecule has 0 spiro atoms. The van der Waals surface area contributed by atoms with Gasteiger partial charge in [0.25, 0.3) is 5.91 Å². The molecule has 2 N–H and O–H groups in total. The largest absolute Gasteiger partial charge is 0.434 e. The lowest BCUT2D eigenvalue weighted by atomic mass is 10.2. The Hall–Kier alpha value is -2.82. The van der Waals surface area contributed by atoms with Crippen LogP contribution in [0.1, 0.15) is 20.8 Å². The van der Waals surface area contributed by atoms with E-state index in [0.717, 1.165) is 4.88 Å². The van der Waals surface area contributed by atoms with Crippen molar-refractivity contribution >= 4 is 27.3 Å². The molecule has 0 unspecified atom stereocenters. The van der Waals surface area contributed by atoms with E-state index in [-0.39, 0.29) is 29.3 Å². The van der Waals surface area contributed by atoms with Gasteiger partial charge in [-0.05, 0) is 48.2 Å². The lowest BCUT2D eigenvalue weighted by Crippen LogP contribution is -2.26.